The fourth-order valence-corrected chi connectivity index (χ4v) is 3.48. The van der Waals surface area contributed by atoms with Gasteiger partial charge >= 0.3 is 0 Å². The Kier molecular flexibility index (Phi) is 4.91. The topological polar surface area (TPSA) is 45.2 Å². The lowest BCUT2D eigenvalue weighted by molar-refractivity contribution is -0.131. The van der Waals surface area contributed by atoms with Crippen LogP contribution in [-0.2, 0) is 11.3 Å². The second-order valence-corrected chi connectivity index (χ2v) is 6.44. The van der Waals surface area contributed by atoms with E-state index >= 15 is 0 Å². The quantitative estimate of drug-likeness (QED) is 0.944. The van der Waals surface area contributed by atoms with E-state index in [9.17, 15) is 4.79 Å². The van der Waals surface area contributed by atoms with Crippen molar-refractivity contribution in [3.05, 3.63) is 42.1 Å². The van der Waals surface area contributed by atoms with Crippen molar-refractivity contribution in [3.8, 4) is 0 Å². The standard InChI is InChI=1S/C19H25N3O/c1-3-16-13-22(14(2)23)10-8-19(16)21-12-15-6-7-18-17(11-15)5-4-9-20-18/h4-7,9,11,16,19,21H,3,8,10,12-13H2,1-2H3/t16-,19-/m0/s1. The minimum absolute atomic E-state index is 0.198. The zero-order valence-corrected chi connectivity index (χ0v) is 14.0. The van der Waals surface area contributed by atoms with Gasteiger partial charge in [0.2, 0.25) is 5.91 Å². The van der Waals surface area contributed by atoms with Gasteiger partial charge in [-0.05, 0) is 36.1 Å². The van der Waals surface area contributed by atoms with E-state index in [1.165, 1.54) is 10.9 Å². The van der Waals surface area contributed by atoms with Crippen LogP contribution in [0, 0.1) is 5.92 Å². The maximum atomic E-state index is 11.6. The second-order valence-electron chi connectivity index (χ2n) is 6.44. The number of pyridine rings is 1. The molecule has 1 amide bonds. The van der Waals surface area contributed by atoms with Crippen LogP contribution in [0.15, 0.2) is 36.5 Å². The molecule has 3 rings (SSSR count). The number of fused-ring (bicyclic) bond motifs is 1. The van der Waals surface area contributed by atoms with Crippen LogP contribution < -0.4 is 5.32 Å². The highest BCUT2D eigenvalue weighted by atomic mass is 16.2. The van der Waals surface area contributed by atoms with Crippen molar-refractivity contribution in [3.63, 3.8) is 0 Å². The molecule has 1 fully saturated rings. The van der Waals surface area contributed by atoms with Crippen LogP contribution in [0.3, 0.4) is 0 Å². The maximum Gasteiger partial charge on any atom is 0.219 e. The third kappa shape index (κ3) is 3.70. The number of hydrogen-bond donors (Lipinski definition) is 1. The van der Waals surface area contributed by atoms with Crippen molar-refractivity contribution in [2.75, 3.05) is 13.1 Å². The summed E-state index contributed by atoms with van der Waals surface area (Å²) >= 11 is 0. The molecule has 1 saturated heterocycles. The van der Waals surface area contributed by atoms with Crippen LogP contribution in [0.2, 0.25) is 0 Å². The summed E-state index contributed by atoms with van der Waals surface area (Å²) in [6.45, 7) is 6.50. The van der Waals surface area contributed by atoms with E-state index in [2.05, 4.69) is 41.5 Å². The molecule has 0 radical (unpaired) electrons. The molecule has 2 atom stereocenters. The Morgan fingerprint density at radius 3 is 3.04 bits per heavy atom. The average molecular weight is 311 g/mol. The van der Waals surface area contributed by atoms with Crippen LogP contribution in [0.5, 0.6) is 0 Å². The molecule has 1 aliphatic heterocycles. The van der Waals surface area contributed by atoms with Crippen LogP contribution in [0.1, 0.15) is 32.3 Å². The molecule has 1 aromatic heterocycles. The zero-order chi connectivity index (χ0) is 16.2. The van der Waals surface area contributed by atoms with Crippen LogP contribution in [0.25, 0.3) is 10.9 Å². The maximum absolute atomic E-state index is 11.6. The lowest BCUT2D eigenvalue weighted by atomic mass is 9.89. The van der Waals surface area contributed by atoms with Gasteiger partial charge in [-0.2, -0.15) is 0 Å². The van der Waals surface area contributed by atoms with Crippen molar-refractivity contribution in [1.29, 1.82) is 0 Å². The summed E-state index contributed by atoms with van der Waals surface area (Å²) in [4.78, 5) is 17.9. The number of amides is 1. The van der Waals surface area contributed by atoms with Gasteiger partial charge < -0.3 is 10.2 Å². The van der Waals surface area contributed by atoms with Crippen LogP contribution in [0.4, 0.5) is 0 Å². The molecule has 23 heavy (non-hydrogen) atoms. The van der Waals surface area contributed by atoms with Gasteiger partial charge in [0.1, 0.15) is 0 Å². The third-order valence-corrected chi connectivity index (χ3v) is 4.94. The monoisotopic (exact) mass is 311 g/mol. The molecule has 122 valence electrons. The fourth-order valence-electron chi connectivity index (χ4n) is 3.48. The van der Waals surface area contributed by atoms with Gasteiger partial charge in [-0.1, -0.05) is 25.5 Å². The second kappa shape index (κ2) is 7.09. The highest BCUT2D eigenvalue weighted by Gasteiger charge is 2.28. The number of nitrogens with one attached hydrogen (secondary N) is 1. The molecule has 1 N–H and O–H groups in total. The van der Waals surface area contributed by atoms with Gasteiger partial charge in [-0.25, -0.2) is 0 Å². The highest BCUT2D eigenvalue weighted by Crippen LogP contribution is 2.21. The van der Waals surface area contributed by atoms with E-state index in [-0.39, 0.29) is 5.91 Å². The number of piperidine rings is 1. The first-order valence-corrected chi connectivity index (χ1v) is 8.50. The summed E-state index contributed by atoms with van der Waals surface area (Å²) < 4.78 is 0. The first kappa shape index (κ1) is 15.9. The molecule has 0 bridgehead atoms. The van der Waals surface area contributed by atoms with Gasteiger partial charge in [0.05, 0.1) is 5.52 Å². The van der Waals surface area contributed by atoms with E-state index in [1.807, 2.05) is 17.2 Å². The molecule has 0 unspecified atom stereocenters. The van der Waals surface area contributed by atoms with Crippen molar-refractivity contribution in [2.24, 2.45) is 5.92 Å². The Morgan fingerprint density at radius 2 is 2.26 bits per heavy atom. The molecular weight excluding hydrogens is 286 g/mol. The minimum atomic E-state index is 0.198. The number of hydrogen-bond acceptors (Lipinski definition) is 3. The number of likely N-dealkylation sites (tertiary alicyclic amines) is 1. The molecule has 0 spiro atoms. The normalized spacial score (nSPS) is 21.6. The van der Waals surface area contributed by atoms with E-state index in [0.29, 0.717) is 12.0 Å². The summed E-state index contributed by atoms with van der Waals surface area (Å²) in [5.74, 6) is 0.735. The number of benzene rings is 1. The predicted octanol–water partition coefficient (Wildman–Crippen LogP) is 2.97. The summed E-state index contributed by atoms with van der Waals surface area (Å²) in [6.07, 6.45) is 3.96. The zero-order valence-electron chi connectivity index (χ0n) is 14.0. The van der Waals surface area contributed by atoms with E-state index in [4.69, 9.17) is 0 Å². The summed E-state index contributed by atoms with van der Waals surface area (Å²) in [5, 5.41) is 4.89. The fraction of sp³-hybridized carbons (Fsp3) is 0.474. The number of carbonyl (C=O) groups is 1. The van der Waals surface area contributed by atoms with E-state index in [0.717, 1.165) is 38.0 Å². The van der Waals surface area contributed by atoms with Crippen molar-refractivity contribution in [1.82, 2.24) is 15.2 Å². The predicted molar refractivity (Wildman–Crippen MR) is 93.0 cm³/mol. The largest absolute Gasteiger partial charge is 0.343 e. The molecule has 4 heteroatoms. The molecule has 2 aromatic rings. The Hall–Kier alpha value is -1.94. The molecule has 0 saturated carbocycles. The van der Waals surface area contributed by atoms with Crippen molar-refractivity contribution >= 4 is 16.8 Å². The molecular formula is C19H25N3O. The number of rotatable bonds is 4. The Bertz CT molecular complexity index is 685. The van der Waals surface area contributed by atoms with Crippen LogP contribution >= 0.6 is 0 Å². The van der Waals surface area contributed by atoms with Gasteiger partial charge in [-0.15, -0.1) is 0 Å². The Balaban J connectivity index is 1.63. The summed E-state index contributed by atoms with van der Waals surface area (Å²) in [7, 11) is 0. The average Bonchev–Trinajstić information content (AvgIpc) is 2.59. The van der Waals surface area contributed by atoms with Gasteiger partial charge in [-0.3, -0.25) is 9.78 Å². The first-order valence-electron chi connectivity index (χ1n) is 8.50. The molecule has 4 nitrogen and oxygen atoms in total. The lowest BCUT2D eigenvalue weighted by Crippen LogP contribution is -2.50. The summed E-state index contributed by atoms with van der Waals surface area (Å²) in [5.41, 5.74) is 2.33. The third-order valence-electron chi connectivity index (χ3n) is 4.94. The number of carbonyl (C=O) groups excluding carboxylic acids is 1. The summed E-state index contributed by atoms with van der Waals surface area (Å²) in [6, 6.07) is 11.0. The minimum Gasteiger partial charge on any atom is -0.343 e. The van der Waals surface area contributed by atoms with Crippen molar-refractivity contribution in [2.45, 2.75) is 39.3 Å². The first-order chi connectivity index (χ1) is 11.2. The van der Waals surface area contributed by atoms with Gasteiger partial charge in [0.25, 0.3) is 0 Å². The van der Waals surface area contributed by atoms with Crippen molar-refractivity contribution < 1.29 is 4.79 Å². The molecule has 2 heterocycles. The van der Waals surface area contributed by atoms with E-state index in [1.54, 1.807) is 6.92 Å². The van der Waals surface area contributed by atoms with Gasteiger partial charge in [0, 0.05) is 44.2 Å². The van der Waals surface area contributed by atoms with Gasteiger partial charge in [0.15, 0.2) is 0 Å². The molecule has 1 aliphatic rings. The number of aromatic nitrogens is 1. The highest BCUT2D eigenvalue weighted by molar-refractivity contribution is 5.78. The smallest absolute Gasteiger partial charge is 0.219 e. The molecule has 0 aliphatic carbocycles. The lowest BCUT2D eigenvalue weighted by Gasteiger charge is -2.38. The van der Waals surface area contributed by atoms with Crippen LogP contribution in [-0.4, -0.2) is 34.9 Å². The Morgan fingerprint density at radius 1 is 1.39 bits per heavy atom. The SMILES string of the molecule is CC[C@H]1CN(C(C)=O)CC[C@@H]1NCc1ccc2ncccc2c1. The Labute approximate surface area is 137 Å². The van der Waals surface area contributed by atoms with E-state index < -0.39 is 0 Å². The molecule has 1 aromatic carbocycles. The number of nitrogens with zero attached hydrogens (tertiary/aromatic N) is 2.